The smallest absolute Gasteiger partial charge is 0.136 e. The van der Waals surface area contributed by atoms with Crippen molar-refractivity contribution in [3.63, 3.8) is 0 Å². The average molecular weight is 265 g/mol. The van der Waals surface area contributed by atoms with Gasteiger partial charge in [0, 0.05) is 11.6 Å². The minimum absolute atomic E-state index is 0.0459. The minimum atomic E-state index is 0.0459. The van der Waals surface area contributed by atoms with E-state index in [1.165, 1.54) is 0 Å². The molecule has 20 heavy (non-hydrogen) atoms. The van der Waals surface area contributed by atoms with Crippen LogP contribution in [0.4, 0.5) is 0 Å². The van der Waals surface area contributed by atoms with Gasteiger partial charge in [0.05, 0.1) is 12.1 Å². The summed E-state index contributed by atoms with van der Waals surface area (Å²) >= 11 is 0. The third-order valence-corrected chi connectivity index (χ3v) is 3.32. The van der Waals surface area contributed by atoms with Gasteiger partial charge in [-0.15, -0.1) is 0 Å². The normalized spacial score (nSPS) is 10.7. The molecule has 0 aliphatic carbocycles. The van der Waals surface area contributed by atoms with Crippen LogP contribution in [0.25, 0.3) is 10.9 Å². The monoisotopic (exact) mass is 265 g/mol. The molecule has 0 radical (unpaired) electrons. The lowest BCUT2D eigenvalue weighted by molar-refractivity contribution is 0.281. The van der Waals surface area contributed by atoms with Gasteiger partial charge in [-0.1, -0.05) is 12.1 Å². The first-order valence-electron chi connectivity index (χ1n) is 6.50. The molecule has 1 aromatic heterocycles. The maximum Gasteiger partial charge on any atom is 0.136 e. The van der Waals surface area contributed by atoms with E-state index in [1.54, 1.807) is 6.20 Å². The molecule has 0 saturated carbocycles. The number of hydrogen-bond donors (Lipinski definition) is 1. The molecule has 3 aromatic rings. The number of benzene rings is 2. The van der Waals surface area contributed by atoms with Gasteiger partial charge in [-0.3, -0.25) is 4.98 Å². The van der Waals surface area contributed by atoms with E-state index in [1.807, 2.05) is 55.5 Å². The molecule has 3 nitrogen and oxygen atoms in total. The second-order valence-corrected chi connectivity index (χ2v) is 4.67. The van der Waals surface area contributed by atoms with Crippen LogP contribution in [-0.4, -0.2) is 10.1 Å². The Labute approximate surface area is 117 Å². The van der Waals surface area contributed by atoms with E-state index in [0.717, 1.165) is 33.5 Å². The Hall–Kier alpha value is -2.39. The summed E-state index contributed by atoms with van der Waals surface area (Å²) in [6.07, 6.45) is 1.77. The fourth-order valence-corrected chi connectivity index (χ4v) is 2.20. The van der Waals surface area contributed by atoms with E-state index in [-0.39, 0.29) is 6.61 Å². The molecule has 0 unspecified atom stereocenters. The summed E-state index contributed by atoms with van der Waals surface area (Å²) in [5.74, 6) is 1.54. The first-order valence-corrected chi connectivity index (χ1v) is 6.50. The molecule has 3 heteroatoms. The van der Waals surface area contributed by atoms with Crippen LogP contribution in [0.15, 0.2) is 54.7 Å². The highest BCUT2D eigenvalue weighted by Crippen LogP contribution is 2.29. The maximum absolute atomic E-state index is 9.19. The van der Waals surface area contributed by atoms with Crippen molar-refractivity contribution in [1.82, 2.24) is 4.98 Å². The molecule has 0 fully saturated rings. The molecule has 0 aliphatic heterocycles. The number of ether oxygens (including phenoxy) is 1. The first-order chi connectivity index (χ1) is 9.78. The van der Waals surface area contributed by atoms with Crippen LogP contribution < -0.4 is 4.74 Å². The maximum atomic E-state index is 9.19. The van der Waals surface area contributed by atoms with Crippen molar-refractivity contribution in [2.45, 2.75) is 13.5 Å². The lowest BCUT2D eigenvalue weighted by Gasteiger charge is -2.10. The van der Waals surface area contributed by atoms with E-state index >= 15 is 0 Å². The number of rotatable bonds is 3. The standard InChI is InChI=1S/C17H15NO2/c1-12-10-14(8-7-13(12)11-19)20-17-6-2-5-16-15(17)4-3-9-18-16/h2-10,19H,11H2,1H3. The van der Waals surface area contributed by atoms with Gasteiger partial charge in [0.2, 0.25) is 0 Å². The highest BCUT2D eigenvalue weighted by molar-refractivity contribution is 5.85. The Morgan fingerprint density at radius 1 is 1.10 bits per heavy atom. The van der Waals surface area contributed by atoms with Crippen LogP contribution in [0.1, 0.15) is 11.1 Å². The zero-order valence-corrected chi connectivity index (χ0v) is 11.2. The van der Waals surface area contributed by atoms with Gasteiger partial charge >= 0.3 is 0 Å². The quantitative estimate of drug-likeness (QED) is 0.782. The van der Waals surface area contributed by atoms with Gasteiger partial charge in [-0.2, -0.15) is 0 Å². The zero-order chi connectivity index (χ0) is 13.9. The first kappa shape index (κ1) is 12.6. The number of aliphatic hydroxyl groups is 1. The summed E-state index contributed by atoms with van der Waals surface area (Å²) in [6.45, 7) is 2.01. The van der Waals surface area contributed by atoms with Gasteiger partial charge in [0.25, 0.3) is 0 Å². The van der Waals surface area contributed by atoms with Crippen LogP contribution in [0.5, 0.6) is 11.5 Å². The largest absolute Gasteiger partial charge is 0.457 e. The SMILES string of the molecule is Cc1cc(Oc2cccc3ncccc23)ccc1CO. The summed E-state index contributed by atoms with van der Waals surface area (Å²) in [7, 11) is 0. The van der Waals surface area contributed by atoms with Crippen molar-refractivity contribution in [3.8, 4) is 11.5 Å². The summed E-state index contributed by atoms with van der Waals surface area (Å²) in [5.41, 5.74) is 2.84. The van der Waals surface area contributed by atoms with Gasteiger partial charge in [0.1, 0.15) is 11.5 Å². The Morgan fingerprint density at radius 3 is 2.80 bits per heavy atom. The van der Waals surface area contributed by atoms with Crippen molar-refractivity contribution < 1.29 is 9.84 Å². The van der Waals surface area contributed by atoms with Crippen LogP contribution in [-0.2, 0) is 6.61 Å². The molecule has 0 atom stereocenters. The molecule has 2 aromatic carbocycles. The van der Waals surface area contributed by atoms with Gasteiger partial charge in [-0.25, -0.2) is 0 Å². The fourth-order valence-electron chi connectivity index (χ4n) is 2.20. The molecule has 0 amide bonds. The third kappa shape index (κ3) is 2.36. The average Bonchev–Trinajstić information content (AvgIpc) is 2.48. The summed E-state index contributed by atoms with van der Waals surface area (Å²) < 4.78 is 5.95. The molecule has 0 saturated heterocycles. The van der Waals surface area contributed by atoms with Crippen LogP contribution in [0.3, 0.4) is 0 Å². The van der Waals surface area contributed by atoms with E-state index in [4.69, 9.17) is 4.74 Å². The lowest BCUT2D eigenvalue weighted by atomic mass is 10.1. The van der Waals surface area contributed by atoms with E-state index < -0.39 is 0 Å². The molecule has 1 heterocycles. The van der Waals surface area contributed by atoms with E-state index in [0.29, 0.717) is 0 Å². The highest BCUT2D eigenvalue weighted by Gasteiger charge is 2.05. The summed E-state index contributed by atoms with van der Waals surface area (Å²) in [4.78, 5) is 4.32. The van der Waals surface area contributed by atoms with E-state index in [2.05, 4.69) is 4.98 Å². The second kappa shape index (κ2) is 5.31. The highest BCUT2D eigenvalue weighted by atomic mass is 16.5. The number of pyridine rings is 1. The van der Waals surface area contributed by atoms with Crippen molar-refractivity contribution in [1.29, 1.82) is 0 Å². The van der Waals surface area contributed by atoms with Crippen LogP contribution in [0, 0.1) is 6.92 Å². The molecule has 100 valence electrons. The molecule has 0 aliphatic rings. The molecule has 0 spiro atoms. The van der Waals surface area contributed by atoms with Gasteiger partial charge < -0.3 is 9.84 Å². The Kier molecular flexibility index (Phi) is 3.35. The Bertz CT molecular complexity index is 748. The molecular formula is C17H15NO2. The Balaban J connectivity index is 1.99. The van der Waals surface area contributed by atoms with Crippen molar-refractivity contribution >= 4 is 10.9 Å². The number of nitrogens with zero attached hydrogens (tertiary/aromatic N) is 1. The summed E-state index contributed by atoms with van der Waals surface area (Å²) in [5, 5.41) is 10.2. The topological polar surface area (TPSA) is 42.4 Å². The number of aliphatic hydroxyl groups excluding tert-OH is 1. The fraction of sp³-hybridized carbons (Fsp3) is 0.118. The predicted molar refractivity (Wildman–Crippen MR) is 78.9 cm³/mol. The summed E-state index contributed by atoms with van der Waals surface area (Å²) in [6, 6.07) is 15.4. The van der Waals surface area contributed by atoms with Crippen molar-refractivity contribution in [2.75, 3.05) is 0 Å². The van der Waals surface area contributed by atoms with Crippen molar-refractivity contribution in [3.05, 3.63) is 65.9 Å². The molecular weight excluding hydrogens is 250 g/mol. The molecule has 0 bridgehead atoms. The zero-order valence-electron chi connectivity index (χ0n) is 11.2. The number of aromatic nitrogens is 1. The molecule has 1 N–H and O–H groups in total. The number of hydrogen-bond acceptors (Lipinski definition) is 3. The van der Waals surface area contributed by atoms with Crippen LogP contribution in [0.2, 0.25) is 0 Å². The third-order valence-electron chi connectivity index (χ3n) is 3.32. The predicted octanol–water partition coefficient (Wildman–Crippen LogP) is 3.83. The van der Waals surface area contributed by atoms with Crippen LogP contribution >= 0.6 is 0 Å². The number of fused-ring (bicyclic) bond motifs is 1. The molecule has 3 rings (SSSR count). The van der Waals surface area contributed by atoms with Gasteiger partial charge in [-0.05, 0) is 54.4 Å². The minimum Gasteiger partial charge on any atom is -0.457 e. The lowest BCUT2D eigenvalue weighted by Crippen LogP contribution is -1.91. The number of aryl methyl sites for hydroxylation is 1. The van der Waals surface area contributed by atoms with Crippen molar-refractivity contribution in [2.24, 2.45) is 0 Å². The van der Waals surface area contributed by atoms with Gasteiger partial charge in [0.15, 0.2) is 0 Å². The Morgan fingerprint density at radius 2 is 2.00 bits per heavy atom. The second-order valence-electron chi connectivity index (χ2n) is 4.67. The van der Waals surface area contributed by atoms with E-state index in [9.17, 15) is 5.11 Å².